The molecular weight excluding hydrogens is 326 g/mol. The highest BCUT2D eigenvalue weighted by atomic mass is 16.5. The van der Waals surface area contributed by atoms with E-state index < -0.39 is 18.0 Å². The molecule has 7 nitrogen and oxygen atoms in total. The molecule has 2 aliphatic rings. The Bertz CT molecular complexity index is 584. The number of aliphatic hydroxyl groups excluding tert-OH is 1. The minimum Gasteiger partial charge on any atom is -0.488 e. The van der Waals surface area contributed by atoms with Crippen LogP contribution in [0.15, 0.2) is 24.3 Å². The lowest BCUT2D eigenvalue weighted by Crippen LogP contribution is -2.42. The van der Waals surface area contributed by atoms with E-state index in [0.29, 0.717) is 17.6 Å². The van der Waals surface area contributed by atoms with E-state index in [9.17, 15) is 9.90 Å². The maximum Gasteiger partial charge on any atom is 0.307 e. The van der Waals surface area contributed by atoms with Gasteiger partial charge < -0.3 is 25.4 Å². The standard InChI is InChI=1S/C16H21NO4.C2H4O2/c18-14-6-11-8-17-9-12(11)7-15(14)21-13-3-1-10(2-4-13)5-16(19)20;1-2(3)4/h1-4,11-12,14-15,17-18H,5-9H2,(H,19,20);1H3,(H,3,4)/t11-,12+,14+,15+;/m0./s1. The smallest absolute Gasteiger partial charge is 0.307 e. The second kappa shape index (κ2) is 8.82. The third kappa shape index (κ3) is 6.03. The third-order valence-electron chi connectivity index (χ3n) is 4.55. The van der Waals surface area contributed by atoms with E-state index in [0.717, 1.165) is 38.4 Å². The fraction of sp³-hybridized carbons (Fsp3) is 0.556. The second-order valence-corrected chi connectivity index (χ2v) is 6.61. The first-order valence-electron chi connectivity index (χ1n) is 8.41. The molecule has 138 valence electrons. The van der Waals surface area contributed by atoms with Gasteiger partial charge in [-0.3, -0.25) is 9.59 Å². The van der Waals surface area contributed by atoms with Crippen molar-refractivity contribution in [3.05, 3.63) is 29.8 Å². The molecule has 0 radical (unpaired) electrons. The number of rotatable bonds is 4. The summed E-state index contributed by atoms with van der Waals surface area (Å²) < 4.78 is 5.91. The van der Waals surface area contributed by atoms with Crippen molar-refractivity contribution in [3.8, 4) is 5.75 Å². The summed E-state index contributed by atoms with van der Waals surface area (Å²) in [5, 5.41) is 29.8. The molecule has 1 aromatic carbocycles. The molecule has 0 amide bonds. The molecular formula is C18H25NO6. The van der Waals surface area contributed by atoms with Gasteiger partial charge in [-0.15, -0.1) is 0 Å². The first kappa shape index (κ1) is 19.2. The van der Waals surface area contributed by atoms with E-state index in [4.69, 9.17) is 19.7 Å². The van der Waals surface area contributed by atoms with Crippen molar-refractivity contribution < 1.29 is 29.6 Å². The minimum atomic E-state index is -0.842. The van der Waals surface area contributed by atoms with Crippen LogP contribution in [0.1, 0.15) is 25.3 Å². The number of fused-ring (bicyclic) bond motifs is 1. The number of carboxylic acid groups (broad SMARTS) is 2. The lowest BCUT2D eigenvalue weighted by atomic mass is 9.78. The zero-order chi connectivity index (χ0) is 18.4. The van der Waals surface area contributed by atoms with E-state index in [2.05, 4.69) is 5.32 Å². The largest absolute Gasteiger partial charge is 0.488 e. The summed E-state index contributed by atoms with van der Waals surface area (Å²) in [6.45, 7) is 3.09. The highest BCUT2D eigenvalue weighted by Crippen LogP contribution is 2.34. The van der Waals surface area contributed by atoms with Crippen molar-refractivity contribution >= 4 is 11.9 Å². The van der Waals surface area contributed by atoms with Crippen LogP contribution >= 0.6 is 0 Å². The molecule has 1 saturated heterocycles. The molecule has 3 rings (SSSR count). The molecule has 2 fully saturated rings. The molecule has 7 heteroatoms. The number of hydrogen-bond donors (Lipinski definition) is 4. The van der Waals surface area contributed by atoms with Gasteiger partial charge in [-0.05, 0) is 55.5 Å². The molecule has 1 aromatic rings. The van der Waals surface area contributed by atoms with Gasteiger partial charge in [0.2, 0.25) is 0 Å². The highest BCUT2D eigenvalue weighted by Gasteiger charge is 2.39. The van der Waals surface area contributed by atoms with Crippen molar-refractivity contribution in [2.75, 3.05) is 13.1 Å². The Balaban J connectivity index is 0.000000511. The van der Waals surface area contributed by atoms with Gasteiger partial charge in [0.1, 0.15) is 11.9 Å². The van der Waals surface area contributed by atoms with Gasteiger partial charge in [0.05, 0.1) is 12.5 Å². The van der Waals surface area contributed by atoms with E-state index >= 15 is 0 Å². The van der Waals surface area contributed by atoms with Crippen LogP contribution in [0, 0.1) is 11.8 Å². The van der Waals surface area contributed by atoms with Gasteiger partial charge in [0.15, 0.2) is 0 Å². The van der Waals surface area contributed by atoms with Crippen LogP contribution in [0.5, 0.6) is 5.75 Å². The Morgan fingerprint density at radius 2 is 1.68 bits per heavy atom. The number of nitrogens with one attached hydrogen (secondary N) is 1. The van der Waals surface area contributed by atoms with E-state index in [1.165, 1.54) is 0 Å². The first-order valence-corrected chi connectivity index (χ1v) is 8.41. The Hall–Kier alpha value is -2.12. The van der Waals surface area contributed by atoms with Crippen LogP contribution in [0.25, 0.3) is 0 Å². The van der Waals surface area contributed by atoms with Crippen molar-refractivity contribution in [3.63, 3.8) is 0 Å². The quantitative estimate of drug-likeness (QED) is 0.643. The second-order valence-electron chi connectivity index (χ2n) is 6.61. The number of hydrogen-bond acceptors (Lipinski definition) is 5. The van der Waals surface area contributed by atoms with Crippen LogP contribution in [0.2, 0.25) is 0 Å². The molecule has 0 aromatic heterocycles. The minimum absolute atomic E-state index is 0.0156. The zero-order valence-electron chi connectivity index (χ0n) is 14.2. The highest BCUT2D eigenvalue weighted by molar-refractivity contribution is 5.70. The molecule has 4 atom stereocenters. The number of aliphatic hydroxyl groups is 1. The van der Waals surface area contributed by atoms with E-state index in [1.54, 1.807) is 24.3 Å². The first-order chi connectivity index (χ1) is 11.8. The summed E-state index contributed by atoms with van der Waals surface area (Å²) in [6, 6.07) is 7.09. The number of benzene rings is 1. The molecule has 1 aliphatic carbocycles. The molecule has 0 unspecified atom stereocenters. The summed E-state index contributed by atoms with van der Waals surface area (Å²) in [7, 11) is 0. The fourth-order valence-corrected chi connectivity index (χ4v) is 3.42. The maximum absolute atomic E-state index is 10.6. The van der Waals surface area contributed by atoms with Crippen LogP contribution < -0.4 is 10.1 Å². The van der Waals surface area contributed by atoms with Crippen LogP contribution in [0.3, 0.4) is 0 Å². The topological polar surface area (TPSA) is 116 Å². The molecule has 0 spiro atoms. The fourth-order valence-electron chi connectivity index (χ4n) is 3.42. The lowest BCUT2D eigenvalue weighted by Gasteiger charge is -2.35. The van der Waals surface area contributed by atoms with Gasteiger partial charge in [-0.1, -0.05) is 12.1 Å². The molecule has 25 heavy (non-hydrogen) atoms. The van der Waals surface area contributed by atoms with Crippen molar-refractivity contribution in [1.29, 1.82) is 0 Å². The predicted molar refractivity (Wildman–Crippen MR) is 90.6 cm³/mol. The maximum atomic E-state index is 10.6. The summed E-state index contributed by atoms with van der Waals surface area (Å²) in [4.78, 5) is 19.6. The monoisotopic (exact) mass is 351 g/mol. The van der Waals surface area contributed by atoms with Crippen molar-refractivity contribution in [2.24, 2.45) is 11.8 Å². The lowest BCUT2D eigenvalue weighted by molar-refractivity contribution is -0.136. The molecule has 0 bridgehead atoms. The average molecular weight is 351 g/mol. The van der Waals surface area contributed by atoms with Gasteiger partial charge >= 0.3 is 5.97 Å². The molecule has 1 heterocycles. The average Bonchev–Trinajstić information content (AvgIpc) is 2.95. The van der Waals surface area contributed by atoms with Gasteiger partial charge in [0.25, 0.3) is 5.97 Å². The Labute approximate surface area is 146 Å². The van der Waals surface area contributed by atoms with Gasteiger partial charge in [-0.2, -0.15) is 0 Å². The van der Waals surface area contributed by atoms with Crippen LogP contribution in [0.4, 0.5) is 0 Å². The van der Waals surface area contributed by atoms with E-state index in [1.807, 2.05) is 0 Å². The molecule has 1 aliphatic heterocycles. The SMILES string of the molecule is CC(=O)O.O=C(O)Cc1ccc(O[C@@H]2C[C@@H]3CNC[C@@H]3C[C@H]2O)cc1. The predicted octanol–water partition coefficient (Wildman–Crippen LogP) is 1.14. The zero-order valence-corrected chi connectivity index (χ0v) is 14.2. The summed E-state index contributed by atoms with van der Waals surface area (Å²) >= 11 is 0. The molecule has 4 N–H and O–H groups in total. The normalized spacial score (nSPS) is 27.6. The number of carboxylic acids is 2. The van der Waals surface area contributed by atoms with Gasteiger partial charge in [-0.25, -0.2) is 0 Å². The number of ether oxygens (including phenoxy) is 1. The Morgan fingerprint density at radius 1 is 1.12 bits per heavy atom. The van der Waals surface area contributed by atoms with Crippen molar-refractivity contribution in [2.45, 2.75) is 38.4 Å². The van der Waals surface area contributed by atoms with Crippen LogP contribution in [-0.2, 0) is 16.0 Å². The van der Waals surface area contributed by atoms with Gasteiger partial charge in [0, 0.05) is 6.92 Å². The Kier molecular flexibility index (Phi) is 6.78. The molecule has 1 saturated carbocycles. The summed E-state index contributed by atoms with van der Waals surface area (Å²) in [5.74, 6) is 0.172. The Morgan fingerprint density at radius 3 is 2.24 bits per heavy atom. The third-order valence-corrected chi connectivity index (χ3v) is 4.55. The van der Waals surface area contributed by atoms with Crippen LogP contribution in [-0.4, -0.2) is 52.6 Å². The number of aliphatic carboxylic acids is 2. The van der Waals surface area contributed by atoms with E-state index in [-0.39, 0.29) is 12.5 Å². The summed E-state index contributed by atoms with van der Waals surface area (Å²) in [5.41, 5.74) is 0.749. The number of carbonyl (C=O) groups is 2. The summed E-state index contributed by atoms with van der Waals surface area (Å²) in [6.07, 6.45) is 1.08. The van der Waals surface area contributed by atoms with Crippen molar-refractivity contribution in [1.82, 2.24) is 5.32 Å².